The van der Waals surface area contributed by atoms with Crippen LogP contribution in [0, 0.1) is 17.2 Å². The fourth-order valence-corrected chi connectivity index (χ4v) is 2.48. The van der Waals surface area contributed by atoms with E-state index in [0.29, 0.717) is 23.1 Å². The second-order valence-electron chi connectivity index (χ2n) is 5.03. The number of rotatable bonds is 2. The molecule has 3 nitrogen and oxygen atoms in total. The van der Waals surface area contributed by atoms with Gasteiger partial charge in [0.2, 0.25) is 0 Å². The molecule has 0 aromatic heterocycles. The van der Waals surface area contributed by atoms with Crippen LogP contribution < -0.4 is 5.32 Å². The molecule has 18 heavy (non-hydrogen) atoms. The zero-order valence-corrected chi connectivity index (χ0v) is 10.6. The smallest absolute Gasteiger partial charge is 0.251 e. The monoisotopic (exact) mass is 242 g/mol. The topological polar surface area (TPSA) is 52.9 Å². The van der Waals surface area contributed by atoms with Gasteiger partial charge in [-0.05, 0) is 43.0 Å². The first-order valence-corrected chi connectivity index (χ1v) is 6.51. The van der Waals surface area contributed by atoms with Crippen LogP contribution in [0.4, 0.5) is 0 Å². The minimum Gasteiger partial charge on any atom is -0.349 e. The van der Waals surface area contributed by atoms with Crippen LogP contribution in [0.1, 0.15) is 48.5 Å². The molecule has 0 heterocycles. The summed E-state index contributed by atoms with van der Waals surface area (Å²) in [5, 5.41) is 11.8. The number of carbonyl (C=O) groups excluding carboxylic acids is 1. The molecule has 1 fully saturated rings. The molecule has 1 saturated carbocycles. The van der Waals surface area contributed by atoms with Crippen molar-refractivity contribution in [2.75, 3.05) is 0 Å². The Balaban J connectivity index is 2.00. The predicted octanol–water partition coefficient (Wildman–Crippen LogP) is 2.87. The zero-order valence-electron chi connectivity index (χ0n) is 10.6. The van der Waals surface area contributed by atoms with Crippen molar-refractivity contribution in [1.82, 2.24) is 5.32 Å². The lowest BCUT2D eigenvalue weighted by Crippen LogP contribution is -2.41. The normalized spacial score (nSPS) is 23.1. The molecule has 94 valence electrons. The van der Waals surface area contributed by atoms with Crippen LogP contribution in [0.3, 0.4) is 0 Å². The minimum atomic E-state index is -0.0294. The van der Waals surface area contributed by atoms with E-state index in [-0.39, 0.29) is 5.91 Å². The molecule has 2 atom stereocenters. The lowest BCUT2D eigenvalue weighted by molar-refractivity contribution is 0.0910. The molecule has 1 aliphatic carbocycles. The number of benzene rings is 1. The van der Waals surface area contributed by atoms with Gasteiger partial charge in [0.15, 0.2) is 0 Å². The highest BCUT2D eigenvalue weighted by Gasteiger charge is 2.23. The van der Waals surface area contributed by atoms with E-state index in [1.54, 1.807) is 24.3 Å². The predicted molar refractivity (Wildman–Crippen MR) is 70.0 cm³/mol. The minimum absolute atomic E-state index is 0.0294. The average molecular weight is 242 g/mol. The zero-order chi connectivity index (χ0) is 13.0. The van der Waals surface area contributed by atoms with Gasteiger partial charge in [-0.1, -0.05) is 19.8 Å². The first-order valence-electron chi connectivity index (χ1n) is 6.51. The fraction of sp³-hybridized carbons (Fsp3) is 0.467. The lowest BCUT2D eigenvalue weighted by Gasteiger charge is -2.29. The Morgan fingerprint density at radius 3 is 2.56 bits per heavy atom. The number of hydrogen-bond acceptors (Lipinski definition) is 2. The van der Waals surface area contributed by atoms with Gasteiger partial charge in [0.1, 0.15) is 0 Å². The van der Waals surface area contributed by atoms with E-state index < -0.39 is 0 Å². The van der Waals surface area contributed by atoms with Crippen molar-refractivity contribution < 1.29 is 4.79 Å². The molecule has 0 aliphatic heterocycles. The van der Waals surface area contributed by atoms with E-state index >= 15 is 0 Å². The number of nitrogens with zero attached hydrogens (tertiary/aromatic N) is 1. The molecule has 1 aliphatic rings. The van der Waals surface area contributed by atoms with Crippen molar-refractivity contribution >= 4 is 5.91 Å². The van der Waals surface area contributed by atoms with Crippen LogP contribution in [-0.2, 0) is 0 Å². The number of hydrogen-bond donors (Lipinski definition) is 1. The summed E-state index contributed by atoms with van der Waals surface area (Å²) in [5.41, 5.74) is 1.21. The molecule has 3 heteroatoms. The van der Waals surface area contributed by atoms with Gasteiger partial charge in [-0.2, -0.15) is 5.26 Å². The first kappa shape index (κ1) is 12.6. The third kappa shape index (κ3) is 2.89. The second-order valence-corrected chi connectivity index (χ2v) is 5.03. The molecule has 0 bridgehead atoms. The Morgan fingerprint density at radius 2 is 1.94 bits per heavy atom. The fourth-order valence-electron chi connectivity index (χ4n) is 2.48. The van der Waals surface area contributed by atoms with E-state index in [1.807, 2.05) is 6.07 Å². The van der Waals surface area contributed by atoms with E-state index in [0.717, 1.165) is 6.42 Å². The van der Waals surface area contributed by atoms with Gasteiger partial charge in [0.05, 0.1) is 11.6 Å². The molecule has 1 N–H and O–H groups in total. The Hall–Kier alpha value is -1.82. The van der Waals surface area contributed by atoms with Crippen molar-refractivity contribution in [3.8, 4) is 6.07 Å². The van der Waals surface area contributed by atoms with Crippen molar-refractivity contribution in [3.05, 3.63) is 35.4 Å². The molecule has 2 rings (SSSR count). The third-order valence-corrected chi connectivity index (χ3v) is 3.70. The summed E-state index contributed by atoms with van der Waals surface area (Å²) in [7, 11) is 0. The van der Waals surface area contributed by atoms with Gasteiger partial charge in [-0.3, -0.25) is 4.79 Å². The molecule has 0 unspecified atom stereocenters. The Morgan fingerprint density at radius 1 is 1.28 bits per heavy atom. The summed E-state index contributed by atoms with van der Waals surface area (Å²) >= 11 is 0. The highest BCUT2D eigenvalue weighted by molar-refractivity contribution is 5.94. The van der Waals surface area contributed by atoms with Crippen molar-refractivity contribution in [1.29, 1.82) is 5.26 Å². The maximum Gasteiger partial charge on any atom is 0.251 e. The van der Waals surface area contributed by atoms with Crippen LogP contribution in [-0.4, -0.2) is 11.9 Å². The summed E-state index contributed by atoms with van der Waals surface area (Å²) in [5.74, 6) is 0.527. The van der Waals surface area contributed by atoms with Crippen LogP contribution in [0.2, 0.25) is 0 Å². The van der Waals surface area contributed by atoms with E-state index in [2.05, 4.69) is 12.2 Å². The molecule has 0 saturated heterocycles. The van der Waals surface area contributed by atoms with Gasteiger partial charge >= 0.3 is 0 Å². The summed E-state index contributed by atoms with van der Waals surface area (Å²) in [6.45, 7) is 2.20. The van der Waals surface area contributed by atoms with Gasteiger partial charge in [-0.15, -0.1) is 0 Å². The van der Waals surface area contributed by atoms with Gasteiger partial charge < -0.3 is 5.32 Å². The number of carbonyl (C=O) groups is 1. The summed E-state index contributed by atoms with van der Waals surface area (Å²) in [6.07, 6.45) is 4.73. The highest BCUT2D eigenvalue weighted by Crippen LogP contribution is 2.23. The maximum absolute atomic E-state index is 12.1. The third-order valence-electron chi connectivity index (χ3n) is 3.70. The molecule has 0 spiro atoms. The standard InChI is InChI=1S/C15H18N2O/c1-11-4-2-3-5-14(11)17-15(18)13-8-6-12(10-16)7-9-13/h6-9,11,14H,2-5H2,1H3,(H,17,18)/t11-,14+/m0/s1. The second kappa shape index (κ2) is 5.68. The quantitative estimate of drug-likeness (QED) is 0.867. The number of nitrogens with one attached hydrogen (secondary N) is 1. The van der Waals surface area contributed by atoms with Crippen molar-refractivity contribution in [2.45, 2.75) is 38.6 Å². The van der Waals surface area contributed by atoms with Gasteiger partial charge in [0.25, 0.3) is 5.91 Å². The van der Waals surface area contributed by atoms with E-state index in [1.165, 1.54) is 19.3 Å². The average Bonchev–Trinajstić information content (AvgIpc) is 2.41. The van der Waals surface area contributed by atoms with Crippen LogP contribution in [0.15, 0.2) is 24.3 Å². The van der Waals surface area contributed by atoms with Crippen molar-refractivity contribution in [2.24, 2.45) is 5.92 Å². The molecule has 1 aromatic rings. The first-order chi connectivity index (χ1) is 8.70. The van der Waals surface area contributed by atoms with Crippen LogP contribution in [0.5, 0.6) is 0 Å². The molecule has 1 aromatic carbocycles. The van der Waals surface area contributed by atoms with E-state index in [9.17, 15) is 4.79 Å². The van der Waals surface area contributed by atoms with E-state index in [4.69, 9.17) is 5.26 Å². The Kier molecular flexibility index (Phi) is 3.99. The van der Waals surface area contributed by atoms with Gasteiger partial charge in [0, 0.05) is 11.6 Å². The van der Waals surface area contributed by atoms with Crippen LogP contribution in [0.25, 0.3) is 0 Å². The summed E-state index contributed by atoms with van der Waals surface area (Å²) in [4.78, 5) is 12.1. The summed E-state index contributed by atoms with van der Waals surface area (Å²) < 4.78 is 0. The highest BCUT2D eigenvalue weighted by atomic mass is 16.1. The number of nitriles is 1. The van der Waals surface area contributed by atoms with Crippen LogP contribution >= 0.6 is 0 Å². The molecule has 1 amide bonds. The maximum atomic E-state index is 12.1. The molecule has 0 radical (unpaired) electrons. The summed E-state index contributed by atoms with van der Waals surface area (Å²) in [6, 6.07) is 9.12. The lowest BCUT2D eigenvalue weighted by atomic mass is 9.86. The Bertz CT molecular complexity index is 458. The van der Waals surface area contributed by atoms with Crippen molar-refractivity contribution in [3.63, 3.8) is 0 Å². The number of amides is 1. The Labute approximate surface area is 108 Å². The molecular formula is C15H18N2O. The SMILES string of the molecule is C[C@H]1CCCC[C@H]1NC(=O)c1ccc(C#N)cc1. The largest absolute Gasteiger partial charge is 0.349 e. The van der Waals surface area contributed by atoms with Gasteiger partial charge in [-0.25, -0.2) is 0 Å². The molecular weight excluding hydrogens is 224 g/mol.